The molecule has 0 aliphatic rings. The van der Waals surface area contributed by atoms with Crippen LogP contribution < -0.4 is 0 Å². The molecule has 0 aliphatic carbocycles. The van der Waals surface area contributed by atoms with Crippen LogP contribution in [0.15, 0.2) is 146 Å². The maximum atomic E-state index is 5.08. The van der Waals surface area contributed by atoms with Crippen LogP contribution in [0.3, 0.4) is 0 Å². The highest BCUT2D eigenvalue weighted by Gasteiger charge is 2.14. The normalized spacial score (nSPS) is 11.3. The van der Waals surface area contributed by atoms with Gasteiger partial charge in [-0.1, -0.05) is 127 Å². The lowest BCUT2D eigenvalue weighted by atomic mass is 9.97. The van der Waals surface area contributed by atoms with Gasteiger partial charge in [-0.15, -0.1) is 0 Å². The van der Waals surface area contributed by atoms with Crippen molar-refractivity contribution in [2.75, 3.05) is 0 Å². The zero-order valence-corrected chi connectivity index (χ0v) is 25.6. The van der Waals surface area contributed by atoms with E-state index < -0.39 is 0 Å². The molecule has 0 aliphatic heterocycles. The quantitative estimate of drug-likeness (QED) is 0.187. The zero-order chi connectivity index (χ0) is 31.0. The number of rotatable bonds is 5. The van der Waals surface area contributed by atoms with Crippen molar-refractivity contribution in [1.29, 1.82) is 0 Å². The minimum atomic E-state index is 0.691. The first-order valence-electron chi connectivity index (χ1n) is 15.5. The van der Waals surface area contributed by atoms with E-state index in [1.165, 1.54) is 11.1 Å². The molecule has 0 fully saturated rings. The highest BCUT2D eigenvalue weighted by atomic mass is 14.9. The number of nitrogens with zero attached hydrogens (tertiary/aromatic N) is 4. The summed E-state index contributed by atoms with van der Waals surface area (Å²) in [6, 6.07) is 50.6. The summed E-state index contributed by atoms with van der Waals surface area (Å²) < 4.78 is 0. The third-order valence-corrected chi connectivity index (χ3v) is 8.44. The molecule has 0 radical (unpaired) electrons. The van der Waals surface area contributed by atoms with Gasteiger partial charge >= 0.3 is 0 Å². The second-order valence-electron chi connectivity index (χ2n) is 11.6. The standard InChI is InChI=1S/C42H30N4/c1-27-13-14-34-23-24-36-37(25-28(2)44-41(36)40(34)43-27)31-17-21-35(22-18-31)42-45-38(32-11-7-4-8-12-32)26-39(46-42)33-19-15-30(16-20-33)29-9-5-3-6-10-29/h3-26H,1-2H3. The number of aromatic nitrogens is 4. The number of fused-ring (bicyclic) bond motifs is 3. The lowest BCUT2D eigenvalue weighted by Crippen LogP contribution is -1.96. The number of pyridine rings is 2. The number of benzene rings is 5. The van der Waals surface area contributed by atoms with Crippen LogP contribution in [0, 0.1) is 13.8 Å². The maximum absolute atomic E-state index is 5.08. The Morgan fingerprint density at radius 2 is 0.891 bits per heavy atom. The molecule has 8 aromatic rings. The van der Waals surface area contributed by atoms with Crippen LogP contribution in [-0.2, 0) is 0 Å². The fraction of sp³-hybridized carbons (Fsp3) is 0.0476. The van der Waals surface area contributed by atoms with Gasteiger partial charge in [0.25, 0.3) is 0 Å². The predicted octanol–water partition coefficient (Wildman–Crippen LogP) is 10.5. The van der Waals surface area contributed by atoms with E-state index in [1.807, 2.05) is 44.2 Å². The van der Waals surface area contributed by atoms with E-state index in [9.17, 15) is 0 Å². The summed E-state index contributed by atoms with van der Waals surface area (Å²) >= 11 is 0. The number of aryl methyl sites for hydroxylation is 2. The van der Waals surface area contributed by atoms with Gasteiger partial charge in [-0.3, -0.25) is 9.97 Å². The average Bonchev–Trinajstić information content (AvgIpc) is 3.12. The van der Waals surface area contributed by atoms with Crippen LogP contribution in [0.1, 0.15) is 11.4 Å². The van der Waals surface area contributed by atoms with Crippen molar-refractivity contribution in [2.45, 2.75) is 13.8 Å². The molecule has 46 heavy (non-hydrogen) atoms. The summed E-state index contributed by atoms with van der Waals surface area (Å²) in [5.74, 6) is 0.691. The topological polar surface area (TPSA) is 51.6 Å². The molecule has 0 N–H and O–H groups in total. The summed E-state index contributed by atoms with van der Waals surface area (Å²) in [6.07, 6.45) is 0. The van der Waals surface area contributed by atoms with E-state index in [0.717, 1.165) is 72.4 Å². The molecule has 0 saturated carbocycles. The Bertz CT molecular complexity index is 2350. The Balaban J connectivity index is 1.21. The van der Waals surface area contributed by atoms with E-state index in [4.69, 9.17) is 19.9 Å². The Hall–Kier alpha value is -6.00. The van der Waals surface area contributed by atoms with Crippen LogP contribution in [0.2, 0.25) is 0 Å². The Labute approximate surface area is 268 Å². The largest absolute Gasteiger partial charge is 0.251 e. The predicted molar refractivity (Wildman–Crippen MR) is 189 cm³/mol. The van der Waals surface area contributed by atoms with Gasteiger partial charge in [0.2, 0.25) is 0 Å². The van der Waals surface area contributed by atoms with Crippen molar-refractivity contribution in [1.82, 2.24) is 19.9 Å². The molecule has 0 unspecified atom stereocenters. The van der Waals surface area contributed by atoms with Crippen LogP contribution in [0.4, 0.5) is 0 Å². The Kier molecular flexibility index (Phi) is 6.88. The Morgan fingerprint density at radius 1 is 0.370 bits per heavy atom. The van der Waals surface area contributed by atoms with E-state index in [1.54, 1.807) is 0 Å². The van der Waals surface area contributed by atoms with Crippen LogP contribution >= 0.6 is 0 Å². The van der Waals surface area contributed by atoms with Crippen molar-refractivity contribution in [3.8, 4) is 56.2 Å². The molecular formula is C42H30N4. The molecule has 0 spiro atoms. The molecule has 0 atom stereocenters. The summed E-state index contributed by atoms with van der Waals surface area (Å²) in [7, 11) is 0. The maximum Gasteiger partial charge on any atom is 0.160 e. The van der Waals surface area contributed by atoms with Crippen molar-refractivity contribution in [3.05, 3.63) is 157 Å². The minimum Gasteiger partial charge on any atom is -0.251 e. The molecule has 3 aromatic heterocycles. The second kappa shape index (κ2) is 11.5. The fourth-order valence-corrected chi connectivity index (χ4v) is 6.08. The van der Waals surface area contributed by atoms with Crippen LogP contribution in [0.5, 0.6) is 0 Å². The summed E-state index contributed by atoms with van der Waals surface area (Å²) in [6.45, 7) is 4.07. The number of hydrogen-bond acceptors (Lipinski definition) is 4. The molecule has 8 rings (SSSR count). The molecule has 0 bridgehead atoms. The van der Waals surface area contributed by atoms with Crippen molar-refractivity contribution >= 4 is 21.8 Å². The van der Waals surface area contributed by atoms with Gasteiger partial charge in [-0.2, -0.15) is 0 Å². The summed E-state index contributed by atoms with van der Waals surface area (Å²) in [5.41, 5.74) is 13.3. The van der Waals surface area contributed by atoms with E-state index >= 15 is 0 Å². The van der Waals surface area contributed by atoms with Crippen molar-refractivity contribution in [3.63, 3.8) is 0 Å². The molecular weight excluding hydrogens is 560 g/mol. The fourth-order valence-electron chi connectivity index (χ4n) is 6.08. The van der Waals surface area contributed by atoms with Gasteiger partial charge in [0, 0.05) is 38.9 Å². The molecule has 4 nitrogen and oxygen atoms in total. The molecule has 3 heterocycles. The van der Waals surface area contributed by atoms with E-state index in [-0.39, 0.29) is 0 Å². The first kappa shape index (κ1) is 27.5. The SMILES string of the molecule is Cc1ccc2ccc3c(-c4ccc(-c5nc(-c6ccccc6)cc(-c6ccc(-c7ccccc7)cc6)n5)cc4)cc(C)nc3c2n1. The van der Waals surface area contributed by atoms with Gasteiger partial charge in [0.15, 0.2) is 5.82 Å². The summed E-state index contributed by atoms with van der Waals surface area (Å²) in [5, 5.41) is 2.19. The van der Waals surface area contributed by atoms with E-state index in [2.05, 4.69) is 115 Å². The third kappa shape index (κ3) is 5.20. The smallest absolute Gasteiger partial charge is 0.160 e. The first-order chi connectivity index (χ1) is 22.6. The highest BCUT2D eigenvalue weighted by molar-refractivity contribution is 6.08. The van der Waals surface area contributed by atoms with Gasteiger partial charge in [-0.05, 0) is 54.3 Å². The average molecular weight is 591 g/mol. The van der Waals surface area contributed by atoms with Gasteiger partial charge in [-0.25, -0.2) is 9.97 Å². The van der Waals surface area contributed by atoms with Crippen molar-refractivity contribution in [2.24, 2.45) is 0 Å². The third-order valence-electron chi connectivity index (χ3n) is 8.44. The Morgan fingerprint density at radius 3 is 1.59 bits per heavy atom. The second-order valence-corrected chi connectivity index (χ2v) is 11.6. The first-order valence-corrected chi connectivity index (χ1v) is 15.5. The number of hydrogen-bond donors (Lipinski definition) is 0. The van der Waals surface area contributed by atoms with Crippen LogP contribution in [-0.4, -0.2) is 19.9 Å². The van der Waals surface area contributed by atoms with Gasteiger partial charge in [0.1, 0.15) is 0 Å². The molecule has 218 valence electrons. The summed E-state index contributed by atoms with van der Waals surface area (Å²) in [4.78, 5) is 19.9. The lowest BCUT2D eigenvalue weighted by molar-refractivity contribution is 1.18. The lowest BCUT2D eigenvalue weighted by Gasteiger charge is -2.12. The monoisotopic (exact) mass is 590 g/mol. The minimum absolute atomic E-state index is 0.691. The zero-order valence-electron chi connectivity index (χ0n) is 25.6. The van der Waals surface area contributed by atoms with Gasteiger partial charge < -0.3 is 0 Å². The van der Waals surface area contributed by atoms with Crippen LogP contribution in [0.25, 0.3) is 78.0 Å². The van der Waals surface area contributed by atoms with Crippen molar-refractivity contribution < 1.29 is 0 Å². The van der Waals surface area contributed by atoms with E-state index in [0.29, 0.717) is 5.82 Å². The molecule has 0 amide bonds. The molecule has 0 saturated heterocycles. The van der Waals surface area contributed by atoms with Gasteiger partial charge in [0.05, 0.1) is 22.4 Å². The molecule has 4 heteroatoms. The molecule has 5 aromatic carbocycles. The highest BCUT2D eigenvalue weighted by Crippen LogP contribution is 2.34.